The van der Waals surface area contributed by atoms with E-state index in [2.05, 4.69) is 34.1 Å². The molecule has 2 aromatic rings. The van der Waals surface area contributed by atoms with E-state index in [9.17, 15) is 9.59 Å². The first-order valence-corrected chi connectivity index (χ1v) is 14.0. The van der Waals surface area contributed by atoms with E-state index >= 15 is 0 Å². The second kappa shape index (κ2) is 12.6. The molecule has 2 aliphatic heterocycles. The second-order valence-corrected chi connectivity index (χ2v) is 11.7. The predicted octanol–water partition coefficient (Wildman–Crippen LogP) is 6.54. The van der Waals surface area contributed by atoms with Crippen LogP contribution in [0.1, 0.15) is 89.2 Å². The van der Waals surface area contributed by atoms with Gasteiger partial charge in [0.1, 0.15) is 11.4 Å². The smallest absolute Gasteiger partial charge is 0.410 e. The van der Waals surface area contributed by atoms with Crippen LogP contribution in [0.25, 0.3) is 0 Å². The number of anilines is 1. The quantitative estimate of drug-likeness (QED) is 0.307. The van der Waals surface area contributed by atoms with Crippen molar-refractivity contribution < 1.29 is 14.3 Å². The molecule has 6 nitrogen and oxygen atoms in total. The van der Waals surface area contributed by atoms with E-state index in [4.69, 9.17) is 4.74 Å². The summed E-state index contributed by atoms with van der Waals surface area (Å²) in [5.41, 5.74) is 3.48. The van der Waals surface area contributed by atoms with Crippen LogP contribution in [0, 0.1) is 0 Å². The van der Waals surface area contributed by atoms with Gasteiger partial charge in [0.2, 0.25) is 0 Å². The van der Waals surface area contributed by atoms with Crippen molar-refractivity contribution in [2.75, 3.05) is 24.5 Å². The summed E-state index contributed by atoms with van der Waals surface area (Å²) >= 11 is 0. The Kier molecular flexibility index (Phi) is 9.23. The van der Waals surface area contributed by atoms with Gasteiger partial charge in [-0.05, 0) is 63.3 Å². The summed E-state index contributed by atoms with van der Waals surface area (Å²) in [4.78, 5) is 33.0. The lowest BCUT2D eigenvalue weighted by molar-refractivity contribution is -0.119. The first kappa shape index (κ1) is 27.2. The van der Waals surface area contributed by atoms with Crippen LogP contribution in [0.15, 0.2) is 48.8 Å². The minimum Gasteiger partial charge on any atom is -0.444 e. The third-order valence-corrected chi connectivity index (χ3v) is 7.48. The number of ketones is 1. The van der Waals surface area contributed by atoms with Crippen LogP contribution in [0.2, 0.25) is 0 Å². The molecule has 0 radical (unpaired) electrons. The third-order valence-electron chi connectivity index (χ3n) is 7.48. The Morgan fingerprint density at radius 2 is 1.70 bits per heavy atom. The minimum atomic E-state index is -0.455. The number of hydrogen-bond donors (Lipinski definition) is 0. The van der Waals surface area contributed by atoms with Crippen LogP contribution in [0.4, 0.5) is 10.5 Å². The van der Waals surface area contributed by atoms with Gasteiger partial charge in [-0.15, -0.1) is 0 Å². The van der Waals surface area contributed by atoms with Crippen molar-refractivity contribution in [2.24, 2.45) is 0 Å². The third kappa shape index (κ3) is 7.80. The van der Waals surface area contributed by atoms with Crippen molar-refractivity contribution in [2.45, 2.75) is 96.1 Å². The van der Waals surface area contributed by atoms with Crippen LogP contribution in [0.3, 0.4) is 0 Å². The molecule has 1 saturated heterocycles. The number of aryl methyl sites for hydroxylation is 1. The molecule has 1 unspecified atom stereocenters. The van der Waals surface area contributed by atoms with Crippen LogP contribution in [0.5, 0.6) is 0 Å². The van der Waals surface area contributed by atoms with Gasteiger partial charge in [-0.3, -0.25) is 9.78 Å². The molecule has 6 heteroatoms. The van der Waals surface area contributed by atoms with Gasteiger partial charge < -0.3 is 14.5 Å². The molecule has 1 aromatic heterocycles. The lowest BCUT2D eigenvalue weighted by Crippen LogP contribution is -2.61. The first-order chi connectivity index (χ1) is 17.8. The molecule has 0 aliphatic carbocycles. The van der Waals surface area contributed by atoms with Crippen molar-refractivity contribution in [3.05, 3.63) is 59.9 Å². The molecule has 0 spiro atoms. The van der Waals surface area contributed by atoms with E-state index in [0.29, 0.717) is 30.6 Å². The number of carbonyl (C=O) groups excluding carboxylic acids is 2. The fourth-order valence-corrected chi connectivity index (χ4v) is 5.45. The van der Waals surface area contributed by atoms with Gasteiger partial charge in [-0.2, -0.15) is 0 Å². The number of ether oxygens (including phenoxy) is 1. The van der Waals surface area contributed by atoms with E-state index in [1.807, 2.05) is 44.0 Å². The van der Waals surface area contributed by atoms with Gasteiger partial charge in [0.25, 0.3) is 0 Å². The summed E-state index contributed by atoms with van der Waals surface area (Å²) in [5, 5.41) is 0. The fraction of sp³-hybridized carbons (Fsp3) is 0.581. The Hall–Kier alpha value is -2.89. The van der Waals surface area contributed by atoms with E-state index in [0.717, 1.165) is 44.5 Å². The van der Waals surface area contributed by atoms with Crippen LogP contribution in [-0.4, -0.2) is 53.0 Å². The average Bonchev–Trinajstić information content (AvgIpc) is 3.19. The number of hydrogen-bond acceptors (Lipinski definition) is 5. The Labute approximate surface area is 222 Å². The van der Waals surface area contributed by atoms with Crippen LogP contribution >= 0.6 is 0 Å². The zero-order valence-electron chi connectivity index (χ0n) is 22.8. The zero-order chi connectivity index (χ0) is 26.3. The number of unbranched alkanes of at least 4 members (excludes halogenated alkanes) is 4. The SMILES string of the molecule is CC(C)(C)OC(=O)N1CC(N2CC(CCCCCCCC(=O)CCc3cccnc3)c3ccccc32)C1. The maximum absolute atomic E-state index is 12.4. The summed E-state index contributed by atoms with van der Waals surface area (Å²) < 4.78 is 5.53. The predicted molar refractivity (Wildman–Crippen MR) is 148 cm³/mol. The van der Waals surface area contributed by atoms with Crippen LogP contribution in [-0.2, 0) is 16.0 Å². The number of nitrogens with zero attached hydrogens (tertiary/aromatic N) is 3. The van der Waals surface area contributed by atoms with E-state index < -0.39 is 5.60 Å². The lowest BCUT2D eigenvalue weighted by atomic mass is 9.94. The number of aromatic nitrogens is 1. The number of rotatable bonds is 12. The number of pyridine rings is 1. The maximum Gasteiger partial charge on any atom is 0.410 e. The number of benzene rings is 1. The van der Waals surface area contributed by atoms with Gasteiger partial charge >= 0.3 is 6.09 Å². The highest BCUT2D eigenvalue weighted by atomic mass is 16.6. The Morgan fingerprint density at radius 3 is 2.46 bits per heavy atom. The molecule has 1 amide bonds. The number of Topliss-reactive ketones (excluding diaryl/α,β-unsaturated/α-hetero) is 1. The zero-order valence-corrected chi connectivity index (χ0v) is 22.8. The van der Waals surface area contributed by atoms with Crippen molar-refractivity contribution >= 4 is 17.6 Å². The number of para-hydroxylation sites is 1. The summed E-state index contributed by atoms with van der Waals surface area (Å²) in [6, 6.07) is 13.1. The minimum absolute atomic E-state index is 0.206. The lowest BCUT2D eigenvalue weighted by Gasteiger charge is -2.45. The summed E-state index contributed by atoms with van der Waals surface area (Å²) in [5.74, 6) is 0.925. The molecule has 3 heterocycles. The molecule has 200 valence electrons. The number of fused-ring (bicyclic) bond motifs is 1. The fourth-order valence-electron chi connectivity index (χ4n) is 5.45. The molecule has 0 saturated carbocycles. The molecule has 37 heavy (non-hydrogen) atoms. The van der Waals surface area contributed by atoms with Crippen molar-refractivity contribution in [1.82, 2.24) is 9.88 Å². The van der Waals surface area contributed by atoms with E-state index in [1.165, 1.54) is 36.9 Å². The van der Waals surface area contributed by atoms with E-state index in [1.54, 1.807) is 6.20 Å². The van der Waals surface area contributed by atoms with Gasteiger partial charge in [-0.1, -0.05) is 49.9 Å². The highest BCUT2D eigenvalue weighted by Gasteiger charge is 2.41. The summed E-state index contributed by atoms with van der Waals surface area (Å²) in [7, 11) is 0. The highest BCUT2D eigenvalue weighted by molar-refractivity contribution is 5.78. The van der Waals surface area contributed by atoms with Gasteiger partial charge in [0, 0.05) is 56.5 Å². The highest BCUT2D eigenvalue weighted by Crippen LogP contribution is 2.41. The van der Waals surface area contributed by atoms with Gasteiger partial charge in [-0.25, -0.2) is 4.79 Å². The standard InChI is InChI=1S/C31H43N3O3/c1-31(2,3)37-30(36)33-22-26(23-33)34-21-25(28-15-9-10-16-29(28)34)13-7-5-4-6-8-14-27(35)18-17-24-12-11-19-32-20-24/h9-12,15-16,19-20,25-26H,4-8,13-14,17-18,21-23H2,1-3H3. The second-order valence-electron chi connectivity index (χ2n) is 11.7. The van der Waals surface area contributed by atoms with Gasteiger partial charge in [0.15, 0.2) is 0 Å². The average molecular weight is 506 g/mol. The van der Waals surface area contributed by atoms with Crippen molar-refractivity contribution in [3.63, 3.8) is 0 Å². The number of likely N-dealkylation sites (tertiary alicyclic amines) is 1. The monoisotopic (exact) mass is 505 g/mol. The molecule has 0 bridgehead atoms. The molecule has 1 aromatic carbocycles. The molecule has 1 fully saturated rings. The molecule has 2 aliphatic rings. The van der Waals surface area contributed by atoms with Crippen molar-refractivity contribution in [1.29, 1.82) is 0 Å². The molecule has 4 rings (SSSR count). The largest absolute Gasteiger partial charge is 0.444 e. The Bertz CT molecular complexity index is 1030. The van der Waals surface area contributed by atoms with Crippen LogP contribution < -0.4 is 4.90 Å². The van der Waals surface area contributed by atoms with E-state index in [-0.39, 0.29) is 6.09 Å². The first-order valence-electron chi connectivity index (χ1n) is 14.0. The molecular weight excluding hydrogens is 462 g/mol. The topological polar surface area (TPSA) is 62.7 Å². The summed E-state index contributed by atoms with van der Waals surface area (Å²) in [6.45, 7) is 8.24. The molecule has 1 atom stereocenters. The van der Waals surface area contributed by atoms with Crippen molar-refractivity contribution in [3.8, 4) is 0 Å². The Morgan fingerprint density at radius 1 is 0.946 bits per heavy atom. The normalized spacial score (nSPS) is 17.4. The summed E-state index contributed by atoms with van der Waals surface area (Å²) in [6.07, 6.45) is 12.5. The molecular formula is C31H43N3O3. The Balaban J connectivity index is 1.12. The maximum atomic E-state index is 12.4. The number of carbonyl (C=O) groups is 2. The number of amides is 1. The molecule has 0 N–H and O–H groups in total. The van der Waals surface area contributed by atoms with Gasteiger partial charge in [0.05, 0.1) is 6.04 Å².